The number of benzene rings is 1. The summed E-state index contributed by atoms with van der Waals surface area (Å²) in [5, 5.41) is 1.10. The topological polar surface area (TPSA) is 26.0 Å². The molecule has 0 fully saturated rings. The van der Waals surface area contributed by atoms with Crippen LogP contribution in [0.15, 0.2) is 59.3 Å². The van der Waals surface area contributed by atoms with E-state index in [1.807, 2.05) is 30.3 Å². The molecule has 1 aromatic carbocycles. The summed E-state index contributed by atoms with van der Waals surface area (Å²) in [7, 11) is 0. The van der Waals surface area contributed by atoms with Crippen molar-refractivity contribution in [3.05, 3.63) is 66.2 Å². The van der Waals surface area contributed by atoms with Crippen molar-refractivity contribution in [3.63, 3.8) is 0 Å². The zero-order chi connectivity index (χ0) is 10.8. The summed E-state index contributed by atoms with van der Waals surface area (Å²) >= 11 is 0. The highest BCUT2D eigenvalue weighted by atomic mass is 16.3. The number of furan rings is 1. The van der Waals surface area contributed by atoms with Gasteiger partial charge in [0, 0.05) is 18.0 Å². The van der Waals surface area contributed by atoms with Crippen LogP contribution in [0, 0.1) is 0 Å². The SMILES string of the molecule is c1ccc(Cc2nccc3occc23)cc1. The van der Waals surface area contributed by atoms with E-state index >= 15 is 0 Å². The quantitative estimate of drug-likeness (QED) is 0.646. The normalized spacial score (nSPS) is 10.8. The molecule has 3 rings (SSSR count). The Balaban J connectivity index is 2.04. The van der Waals surface area contributed by atoms with Crippen LogP contribution in [0.4, 0.5) is 0 Å². The van der Waals surface area contributed by atoms with Gasteiger partial charge in [0.05, 0.1) is 12.0 Å². The highest BCUT2D eigenvalue weighted by molar-refractivity contribution is 5.79. The molecular weight excluding hydrogens is 198 g/mol. The maximum Gasteiger partial charge on any atom is 0.137 e. The first kappa shape index (κ1) is 9.16. The standard InChI is InChI=1S/C14H11NO/c1-2-4-11(5-3-1)10-13-12-7-9-16-14(12)6-8-15-13/h1-9H,10H2. The third kappa shape index (κ3) is 1.58. The van der Waals surface area contributed by atoms with Gasteiger partial charge in [-0.05, 0) is 17.7 Å². The van der Waals surface area contributed by atoms with Crippen molar-refractivity contribution >= 4 is 11.0 Å². The Labute approximate surface area is 93.5 Å². The van der Waals surface area contributed by atoms with Gasteiger partial charge >= 0.3 is 0 Å². The second-order valence-electron chi connectivity index (χ2n) is 3.75. The minimum absolute atomic E-state index is 0.845. The number of hydrogen-bond acceptors (Lipinski definition) is 2. The molecule has 0 atom stereocenters. The molecule has 0 aliphatic rings. The van der Waals surface area contributed by atoms with Crippen molar-refractivity contribution in [2.75, 3.05) is 0 Å². The Kier molecular flexibility index (Phi) is 2.18. The van der Waals surface area contributed by atoms with Crippen molar-refractivity contribution in [1.82, 2.24) is 4.98 Å². The molecule has 0 aliphatic carbocycles. The first-order valence-corrected chi connectivity index (χ1v) is 5.28. The lowest BCUT2D eigenvalue weighted by molar-refractivity contribution is 0.615. The van der Waals surface area contributed by atoms with Crippen molar-refractivity contribution in [3.8, 4) is 0 Å². The largest absolute Gasteiger partial charge is 0.464 e. The summed E-state index contributed by atoms with van der Waals surface area (Å²) in [5.41, 5.74) is 3.24. The molecule has 0 unspecified atom stereocenters. The summed E-state index contributed by atoms with van der Waals surface area (Å²) in [4.78, 5) is 4.41. The molecule has 2 aromatic heterocycles. The van der Waals surface area contributed by atoms with Crippen LogP contribution in [0.2, 0.25) is 0 Å². The van der Waals surface area contributed by atoms with E-state index in [-0.39, 0.29) is 0 Å². The zero-order valence-corrected chi connectivity index (χ0v) is 8.76. The number of pyridine rings is 1. The van der Waals surface area contributed by atoms with Crippen molar-refractivity contribution in [1.29, 1.82) is 0 Å². The highest BCUT2D eigenvalue weighted by Crippen LogP contribution is 2.20. The monoisotopic (exact) mass is 209 g/mol. The second kappa shape index (κ2) is 3.81. The fourth-order valence-electron chi connectivity index (χ4n) is 1.88. The number of aromatic nitrogens is 1. The zero-order valence-electron chi connectivity index (χ0n) is 8.76. The van der Waals surface area contributed by atoms with E-state index in [2.05, 4.69) is 17.1 Å². The molecule has 2 heterocycles. The molecule has 78 valence electrons. The van der Waals surface area contributed by atoms with E-state index in [1.54, 1.807) is 12.5 Å². The van der Waals surface area contributed by atoms with Gasteiger partial charge in [0.1, 0.15) is 5.58 Å². The molecule has 2 heteroatoms. The van der Waals surface area contributed by atoms with E-state index in [1.165, 1.54) is 5.56 Å². The van der Waals surface area contributed by atoms with Gasteiger partial charge in [-0.2, -0.15) is 0 Å². The summed E-state index contributed by atoms with van der Waals surface area (Å²) in [5.74, 6) is 0. The summed E-state index contributed by atoms with van der Waals surface area (Å²) in [6.45, 7) is 0. The number of rotatable bonds is 2. The highest BCUT2D eigenvalue weighted by Gasteiger charge is 2.04. The molecule has 0 saturated heterocycles. The van der Waals surface area contributed by atoms with E-state index in [0.717, 1.165) is 23.1 Å². The molecule has 0 radical (unpaired) electrons. The molecule has 0 spiro atoms. The Hall–Kier alpha value is -2.09. The van der Waals surface area contributed by atoms with Gasteiger partial charge in [0.25, 0.3) is 0 Å². The third-order valence-electron chi connectivity index (χ3n) is 2.68. The molecular formula is C14H11NO. The van der Waals surface area contributed by atoms with Gasteiger partial charge in [-0.15, -0.1) is 0 Å². The lowest BCUT2D eigenvalue weighted by Crippen LogP contribution is -1.91. The Morgan fingerprint density at radius 1 is 1.00 bits per heavy atom. The summed E-state index contributed by atoms with van der Waals surface area (Å²) in [6.07, 6.45) is 4.35. The molecule has 3 aromatic rings. The first-order chi connectivity index (χ1) is 7.93. The van der Waals surface area contributed by atoms with Crippen LogP contribution in [0.5, 0.6) is 0 Å². The predicted octanol–water partition coefficient (Wildman–Crippen LogP) is 3.42. The predicted molar refractivity (Wildman–Crippen MR) is 63.3 cm³/mol. The smallest absolute Gasteiger partial charge is 0.137 e. The van der Waals surface area contributed by atoms with E-state index in [4.69, 9.17) is 4.42 Å². The Morgan fingerprint density at radius 3 is 2.75 bits per heavy atom. The van der Waals surface area contributed by atoms with Crippen LogP contribution in [-0.4, -0.2) is 4.98 Å². The second-order valence-corrected chi connectivity index (χ2v) is 3.75. The molecule has 0 aliphatic heterocycles. The molecule has 0 amide bonds. The van der Waals surface area contributed by atoms with Crippen LogP contribution >= 0.6 is 0 Å². The maximum atomic E-state index is 5.36. The van der Waals surface area contributed by atoms with E-state index in [9.17, 15) is 0 Å². The minimum atomic E-state index is 0.845. The first-order valence-electron chi connectivity index (χ1n) is 5.28. The lowest BCUT2D eigenvalue weighted by atomic mass is 10.1. The number of fused-ring (bicyclic) bond motifs is 1. The summed E-state index contributed by atoms with van der Waals surface area (Å²) in [6, 6.07) is 14.2. The summed E-state index contributed by atoms with van der Waals surface area (Å²) < 4.78 is 5.36. The fourth-order valence-corrected chi connectivity index (χ4v) is 1.88. The van der Waals surface area contributed by atoms with E-state index < -0.39 is 0 Å². The average Bonchev–Trinajstić information content (AvgIpc) is 2.80. The molecule has 0 saturated carbocycles. The van der Waals surface area contributed by atoms with Crippen LogP contribution in [0.1, 0.15) is 11.3 Å². The molecule has 0 N–H and O–H groups in total. The van der Waals surface area contributed by atoms with E-state index in [0.29, 0.717) is 0 Å². The van der Waals surface area contributed by atoms with Crippen molar-refractivity contribution < 1.29 is 4.42 Å². The van der Waals surface area contributed by atoms with Gasteiger partial charge in [0.2, 0.25) is 0 Å². The van der Waals surface area contributed by atoms with Gasteiger partial charge in [-0.25, -0.2) is 0 Å². The number of nitrogens with zero attached hydrogens (tertiary/aromatic N) is 1. The fraction of sp³-hybridized carbons (Fsp3) is 0.0714. The average molecular weight is 209 g/mol. The van der Waals surface area contributed by atoms with Crippen LogP contribution < -0.4 is 0 Å². The van der Waals surface area contributed by atoms with Gasteiger partial charge < -0.3 is 4.42 Å². The molecule has 2 nitrogen and oxygen atoms in total. The molecule has 0 bridgehead atoms. The van der Waals surface area contributed by atoms with Crippen molar-refractivity contribution in [2.45, 2.75) is 6.42 Å². The van der Waals surface area contributed by atoms with Crippen LogP contribution in [-0.2, 0) is 6.42 Å². The Bertz CT molecular complexity index is 598. The maximum absolute atomic E-state index is 5.36. The van der Waals surface area contributed by atoms with Crippen LogP contribution in [0.3, 0.4) is 0 Å². The lowest BCUT2D eigenvalue weighted by Gasteiger charge is -2.01. The minimum Gasteiger partial charge on any atom is -0.464 e. The third-order valence-corrected chi connectivity index (χ3v) is 2.68. The van der Waals surface area contributed by atoms with Gasteiger partial charge in [0.15, 0.2) is 0 Å². The van der Waals surface area contributed by atoms with Gasteiger partial charge in [-0.1, -0.05) is 30.3 Å². The van der Waals surface area contributed by atoms with Crippen LogP contribution in [0.25, 0.3) is 11.0 Å². The van der Waals surface area contributed by atoms with Gasteiger partial charge in [-0.3, -0.25) is 4.98 Å². The Morgan fingerprint density at radius 2 is 1.88 bits per heavy atom. The number of hydrogen-bond donors (Lipinski definition) is 0. The van der Waals surface area contributed by atoms with Crippen molar-refractivity contribution in [2.24, 2.45) is 0 Å². The molecule has 16 heavy (non-hydrogen) atoms.